The van der Waals surface area contributed by atoms with Crippen molar-refractivity contribution in [2.75, 3.05) is 0 Å². The molecule has 0 unspecified atom stereocenters. The van der Waals surface area contributed by atoms with E-state index in [2.05, 4.69) is 15.5 Å². The Bertz CT molecular complexity index is 693. The number of aromatic amines is 1. The third-order valence-electron chi connectivity index (χ3n) is 2.93. The van der Waals surface area contributed by atoms with E-state index in [0.717, 1.165) is 16.6 Å². The number of amides is 1. The molecule has 2 heterocycles. The van der Waals surface area contributed by atoms with Gasteiger partial charge in [-0.3, -0.25) is 4.79 Å². The molecule has 0 aliphatic carbocycles. The summed E-state index contributed by atoms with van der Waals surface area (Å²) in [6, 6.07) is 9.94. The number of carbonyl (C=O) groups is 1. The number of ether oxygens (including phenoxy) is 1. The summed E-state index contributed by atoms with van der Waals surface area (Å²) in [7, 11) is 0. The van der Waals surface area contributed by atoms with Crippen molar-refractivity contribution in [3.63, 3.8) is 0 Å². The molecule has 0 fully saturated rings. The Hall–Kier alpha value is -2.56. The predicted molar refractivity (Wildman–Crippen MR) is 78.1 cm³/mol. The van der Waals surface area contributed by atoms with Crippen LogP contribution in [0.1, 0.15) is 19.5 Å². The average Bonchev–Trinajstić information content (AvgIpc) is 2.95. The van der Waals surface area contributed by atoms with Gasteiger partial charge in [-0.25, -0.2) is 5.43 Å². The highest BCUT2D eigenvalue weighted by Gasteiger charge is 2.25. The van der Waals surface area contributed by atoms with E-state index in [0.29, 0.717) is 11.5 Å². The van der Waals surface area contributed by atoms with Crippen molar-refractivity contribution < 1.29 is 9.53 Å². The van der Waals surface area contributed by atoms with E-state index in [9.17, 15) is 4.79 Å². The van der Waals surface area contributed by atoms with Gasteiger partial charge in [-0.1, -0.05) is 18.2 Å². The topological polar surface area (TPSA) is 66.5 Å². The van der Waals surface area contributed by atoms with Crippen molar-refractivity contribution in [3.8, 4) is 0 Å². The summed E-state index contributed by atoms with van der Waals surface area (Å²) in [5.74, 6) is 0.0861. The Morgan fingerprint density at radius 1 is 1.30 bits per heavy atom. The van der Waals surface area contributed by atoms with Gasteiger partial charge in [0, 0.05) is 11.2 Å². The summed E-state index contributed by atoms with van der Waals surface area (Å²) in [4.78, 5) is 15.0. The van der Waals surface area contributed by atoms with Crippen LogP contribution in [0.4, 0.5) is 0 Å². The van der Waals surface area contributed by atoms with Crippen LogP contribution in [-0.2, 0) is 9.53 Å². The molecule has 1 aromatic carbocycles. The summed E-state index contributed by atoms with van der Waals surface area (Å²) >= 11 is 0. The summed E-state index contributed by atoms with van der Waals surface area (Å²) in [6.07, 6.45) is 1.72. The van der Waals surface area contributed by atoms with Gasteiger partial charge in [0.1, 0.15) is 5.57 Å². The number of H-pyrrole nitrogens is 1. The quantitative estimate of drug-likeness (QED) is 0.822. The van der Waals surface area contributed by atoms with E-state index in [1.54, 1.807) is 6.08 Å². The van der Waals surface area contributed by atoms with E-state index in [4.69, 9.17) is 4.74 Å². The molecular formula is C15H15N3O2. The second kappa shape index (κ2) is 4.85. The fourth-order valence-corrected chi connectivity index (χ4v) is 2.09. The van der Waals surface area contributed by atoms with E-state index in [1.807, 2.05) is 44.2 Å². The van der Waals surface area contributed by atoms with Gasteiger partial charge in [-0.2, -0.15) is 0 Å². The Morgan fingerprint density at radius 2 is 2.10 bits per heavy atom. The molecule has 1 aromatic heterocycles. The first-order valence-electron chi connectivity index (χ1n) is 6.48. The van der Waals surface area contributed by atoms with Crippen LogP contribution in [0.25, 0.3) is 17.0 Å². The van der Waals surface area contributed by atoms with E-state index in [1.165, 1.54) is 0 Å². The van der Waals surface area contributed by atoms with Crippen LogP contribution in [-0.4, -0.2) is 22.9 Å². The molecule has 20 heavy (non-hydrogen) atoms. The molecule has 3 rings (SSSR count). The third-order valence-corrected chi connectivity index (χ3v) is 2.93. The normalized spacial score (nSPS) is 16.9. The molecule has 5 heteroatoms. The Kier molecular flexibility index (Phi) is 3.02. The van der Waals surface area contributed by atoms with Crippen LogP contribution in [0, 0.1) is 0 Å². The molecule has 2 N–H and O–H groups in total. The number of para-hydroxylation sites is 1. The smallest absolute Gasteiger partial charge is 0.277 e. The molecule has 0 bridgehead atoms. The van der Waals surface area contributed by atoms with Gasteiger partial charge in [0.15, 0.2) is 0 Å². The number of rotatable bonds is 2. The highest BCUT2D eigenvalue weighted by Crippen LogP contribution is 2.19. The first-order chi connectivity index (χ1) is 9.63. The number of nitrogens with zero attached hydrogens (tertiary/aromatic N) is 1. The van der Waals surface area contributed by atoms with Crippen LogP contribution < -0.4 is 5.43 Å². The van der Waals surface area contributed by atoms with E-state index in [-0.39, 0.29) is 12.0 Å². The van der Waals surface area contributed by atoms with Crippen LogP contribution in [0.5, 0.6) is 0 Å². The van der Waals surface area contributed by atoms with Crippen LogP contribution >= 0.6 is 0 Å². The molecule has 102 valence electrons. The minimum Gasteiger partial charge on any atom is -0.473 e. The molecular weight excluding hydrogens is 254 g/mol. The largest absolute Gasteiger partial charge is 0.473 e. The second-order valence-corrected chi connectivity index (χ2v) is 4.89. The summed E-state index contributed by atoms with van der Waals surface area (Å²) < 4.78 is 5.52. The summed E-state index contributed by atoms with van der Waals surface area (Å²) in [5, 5.41) is 5.00. The van der Waals surface area contributed by atoms with E-state index >= 15 is 0 Å². The molecule has 2 aromatic rings. The summed E-state index contributed by atoms with van der Waals surface area (Å²) in [5.41, 5.74) is 4.73. The lowest BCUT2D eigenvalue weighted by atomic mass is 10.2. The number of hydrogen-bond donors (Lipinski definition) is 2. The standard InChI is InChI=1S/C15H15N3O2/c1-9(2)20-15-12(14(19)17-18-15)8-11-7-10-5-3-4-6-13(10)16-11/h3-9,16H,1-2H3,(H,17,19)/b12-8-. The lowest BCUT2D eigenvalue weighted by Gasteiger charge is -2.08. The average molecular weight is 269 g/mol. The zero-order valence-corrected chi connectivity index (χ0v) is 11.3. The Morgan fingerprint density at radius 3 is 2.85 bits per heavy atom. The van der Waals surface area contributed by atoms with Crippen molar-refractivity contribution in [1.82, 2.24) is 10.4 Å². The van der Waals surface area contributed by atoms with Gasteiger partial charge < -0.3 is 9.72 Å². The molecule has 0 atom stereocenters. The van der Waals surface area contributed by atoms with Crippen molar-refractivity contribution in [1.29, 1.82) is 0 Å². The van der Waals surface area contributed by atoms with Crippen LogP contribution in [0.2, 0.25) is 0 Å². The SMILES string of the molecule is CC(C)OC1=NNC(=O)/C1=C/c1cc2ccccc2[nH]1. The lowest BCUT2D eigenvalue weighted by molar-refractivity contribution is -0.116. The monoisotopic (exact) mass is 269 g/mol. The fraction of sp³-hybridized carbons (Fsp3) is 0.200. The Labute approximate surface area is 116 Å². The molecule has 1 amide bonds. The van der Waals surface area contributed by atoms with E-state index < -0.39 is 0 Å². The molecule has 1 aliphatic heterocycles. The number of hydrazone groups is 1. The van der Waals surface area contributed by atoms with Gasteiger partial charge in [-0.05, 0) is 37.4 Å². The van der Waals surface area contributed by atoms with Crippen molar-refractivity contribution >= 4 is 28.8 Å². The van der Waals surface area contributed by atoms with Crippen LogP contribution in [0.3, 0.4) is 0 Å². The molecule has 1 aliphatic rings. The van der Waals surface area contributed by atoms with Crippen LogP contribution in [0.15, 0.2) is 41.0 Å². The first kappa shape index (κ1) is 12.5. The fourth-order valence-electron chi connectivity index (χ4n) is 2.09. The maximum atomic E-state index is 11.8. The molecule has 0 spiro atoms. The van der Waals surface area contributed by atoms with Gasteiger partial charge in [0.05, 0.1) is 6.10 Å². The van der Waals surface area contributed by atoms with Crippen molar-refractivity contribution in [2.24, 2.45) is 5.10 Å². The minimum absolute atomic E-state index is 0.0347. The maximum Gasteiger partial charge on any atom is 0.277 e. The summed E-state index contributed by atoms with van der Waals surface area (Å²) in [6.45, 7) is 3.79. The maximum absolute atomic E-state index is 11.8. The number of hydrogen-bond acceptors (Lipinski definition) is 3. The predicted octanol–water partition coefficient (Wildman–Crippen LogP) is 2.42. The first-order valence-corrected chi connectivity index (χ1v) is 6.48. The zero-order valence-electron chi connectivity index (χ0n) is 11.3. The lowest BCUT2D eigenvalue weighted by Crippen LogP contribution is -2.16. The number of nitrogens with one attached hydrogen (secondary N) is 2. The molecule has 5 nitrogen and oxygen atoms in total. The third kappa shape index (κ3) is 2.30. The highest BCUT2D eigenvalue weighted by molar-refractivity contribution is 6.24. The Balaban J connectivity index is 1.97. The number of aromatic nitrogens is 1. The van der Waals surface area contributed by atoms with Crippen molar-refractivity contribution in [3.05, 3.63) is 41.6 Å². The van der Waals surface area contributed by atoms with Gasteiger partial charge in [0.2, 0.25) is 5.90 Å². The number of fused-ring (bicyclic) bond motifs is 1. The molecule has 0 saturated heterocycles. The highest BCUT2D eigenvalue weighted by atomic mass is 16.5. The van der Waals surface area contributed by atoms with Crippen molar-refractivity contribution in [2.45, 2.75) is 20.0 Å². The van der Waals surface area contributed by atoms with Gasteiger partial charge >= 0.3 is 0 Å². The molecule has 0 saturated carbocycles. The zero-order chi connectivity index (χ0) is 14.1. The minimum atomic E-state index is -0.251. The molecule has 0 radical (unpaired) electrons. The van der Waals surface area contributed by atoms with Gasteiger partial charge in [-0.15, -0.1) is 5.10 Å². The second-order valence-electron chi connectivity index (χ2n) is 4.89. The number of benzene rings is 1. The van der Waals surface area contributed by atoms with Gasteiger partial charge in [0.25, 0.3) is 5.91 Å². The number of carbonyl (C=O) groups excluding carboxylic acids is 1.